The third kappa shape index (κ3) is 3.25. The van der Waals surface area contributed by atoms with Crippen LogP contribution in [0.4, 0.5) is 0 Å². The summed E-state index contributed by atoms with van der Waals surface area (Å²) in [5.41, 5.74) is 2.72. The molecule has 0 radical (unpaired) electrons. The average Bonchev–Trinajstić information content (AvgIpc) is 2.81. The minimum atomic E-state index is 0.694. The van der Waals surface area contributed by atoms with Crippen molar-refractivity contribution in [3.8, 4) is 0 Å². The van der Waals surface area contributed by atoms with Crippen molar-refractivity contribution in [3.05, 3.63) is 46.2 Å². The summed E-state index contributed by atoms with van der Waals surface area (Å²) in [4.78, 5) is 11.7. The van der Waals surface area contributed by atoms with Crippen LogP contribution < -0.4 is 0 Å². The van der Waals surface area contributed by atoms with Gasteiger partial charge in [0.2, 0.25) is 0 Å². The van der Waals surface area contributed by atoms with E-state index in [-0.39, 0.29) is 0 Å². The molecule has 0 aliphatic rings. The quantitative estimate of drug-likeness (QED) is 0.592. The fourth-order valence-electron chi connectivity index (χ4n) is 1.95. The van der Waals surface area contributed by atoms with Crippen molar-refractivity contribution < 1.29 is 4.79 Å². The van der Waals surface area contributed by atoms with E-state index in [1.54, 1.807) is 11.8 Å². The standard InChI is InChI=1S/C15H17ClN2OS/c1-3-13-15(16)14(18(4-2)17-13)10-20-12-7-5-11(9-19)6-8-12/h5-9H,3-4,10H2,1-2H3. The first-order valence-electron chi connectivity index (χ1n) is 6.61. The van der Waals surface area contributed by atoms with E-state index in [2.05, 4.69) is 18.9 Å². The summed E-state index contributed by atoms with van der Waals surface area (Å²) in [6.07, 6.45) is 1.70. The lowest BCUT2D eigenvalue weighted by Crippen LogP contribution is -2.01. The Bertz CT molecular complexity index is 593. The van der Waals surface area contributed by atoms with Gasteiger partial charge in [-0.1, -0.05) is 30.7 Å². The molecule has 20 heavy (non-hydrogen) atoms. The van der Waals surface area contributed by atoms with E-state index in [1.807, 2.05) is 28.9 Å². The van der Waals surface area contributed by atoms with Crippen molar-refractivity contribution >= 4 is 29.6 Å². The molecule has 0 atom stereocenters. The van der Waals surface area contributed by atoms with Crippen molar-refractivity contribution in [3.63, 3.8) is 0 Å². The second-order valence-corrected chi connectivity index (χ2v) is 5.78. The smallest absolute Gasteiger partial charge is 0.150 e. The SMILES string of the molecule is CCc1nn(CC)c(CSc2ccc(C=O)cc2)c1Cl. The van der Waals surface area contributed by atoms with Crippen LogP contribution in [0.5, 0.6) is 0 Å². The van der Waals surface area contributed by atoms with Crippen LogP contribution in [0.25, 0.3) is 0 Å². The largest absolute Gasteiger partial charge is 0.298 e. The second kappa shape index (κ2) is 6.95. The number of nitrogens with zero attached hydrogens (tertiary/aromatic N) is 2. The van der Waals surface area contributed by atoms with E-state index in [1.165, 1.54) is 0 Å². The van der Waals surface area contributed by atoms with Crippen molar-refractivity contribution in [2.75, 3.05) is 0 Å². The number of aldehydes is 1. The molecule has 5 heteroatoms. The molecule has 2 rings (SSSR count). The fraction of sp³-hybridized carbons (Fsp3) is 0.333. The Morgan fingerprint density at radius 3 is 2.55 bits per heavy atom. The van der Waals surface area contributed by atoms with Crippen molar-refractivity contribution in [1.82, 2.24) is 9.78 Å². The Kier molecular flexibility index (Phi) is 5.26. The van der Waals surface area contributed by atoms with Gasteiger partial charge in [-0.05, 0) is 25.5 Å². The number of halogens is 1. The molecular weight excluding hydrogens is 292 g/mol. The first-order valence-corrected chi connectivity index (χ1v) is 7.98. The highest BCUT2D eigenvalue weighted by atomic mass is 35.5. The van der Waals surface area contributed by atoms with Gasteiger partial charge >= 0.3 is 0 Å². The Morgan fingerprint density at radius 2 is 2.00 bits per heavy atom. The van der Waals surface area contributed by atoms with E-state index in [4.69, 9.17) is 11.6 Å². The average molecular weight is 309 g/mol. The number of thioether (sulfide) groups is 1. The molecule has 0 fully saturated rings. The first kappa shape index (κ1) is 15.1. The summed E-state index contributed by atoms with van der Waals surface area (Å²) >= 11 is 8.08. The number of aryl methyl sites for hydroxylation is 2. The molecule has 0 spiro atoms. The van der Waals surface area contributed by atoms with Crippen LogP contribution in [-0.4, -0.2) is 16.1 Å². The zero-order chi connectivity index (χ0) is 14.5. The van der Waals surface area contributed by atoms with E-state index in [0.29, 0.717) is 5.56 Å². The second-order valence-electron chi connectivity index (χ2n) is 4.35. The Morgan fingerprint density at radius 1 is 1.30 bits per heavy atom. The maximum atomic E-state index is 10.6. The van der Waals surface area contributed by atoms with Gasteiger partial charge in [0, 0.05) is 22.8 Å². The Balaban J connectivity index is 2.13. The highest BCUT2D eigenvalue weighted by Crippen LogP contribution is 2.29. The molecule has 0 aliphatic heterocycles. The van der Waals surface area contributed by atoms with E-state index in [9.17, 15) is 4.79 Å². The van der Waals surface area contributed by atoms with Gasteiger partial charge in [0.15, 0.2) is 0 Å². The molecule has 0 bridgehead atoms. The number of aromatic nitrogens is 2. The summed E-state index contributed by atoms with van der Waals surface area (Å²) in [6.45, 7) is 4.94. The van der Waals surface area contributed by atoms with Crippen molar-refractivity contribution in [2.24, 2.45) is 0 Å². The number of hydrogen-bond acceptors (Lipinski definition) is 3. The molecule has 0 saturated heterocycles. The zero-order valence-corrected chi connectivity index (χ0v) is 13.2. The van der Waals surface area contributed by atoms with Gasteiger partial charge in [-0.3, -0.25) is 9.48 Å². The molecule has 106 valence electrons. The molecule has 2 aromatic rings. The monoisotopic (exact) mass is 308 g/mol. The molecule has 0 N–H and O–H groups in total. The molecule has 0 amide bonds. The summed E-state index contributed by atoms with van der Waals surface area (Å²) in [5.74, 6) is 0.778. The molecule has 1 aromatic heterocycles. The summed E-state index contributed by atoms with van der Waals surface area (Å²) < 4.78 is 1.97. The maximum absolute atomic E-state index is 10.6. The van der Waals surface area contributed by atoms with Gasteiger partial charge < -0.3 is 0 Å². The highest BCUT2D eigenvalue weighted by molar-refractivity contribution is 7.98. The van der Waals surface area contributed by atoms with Crippen LogP contribution in [0.2, 0.25) is 5.02 Å². The normalized spacial score (nSPS) is 10.8. The van der Waals surface area contributed by atoms with Crippen molar-refractivity contribution in [1.29, 1.82) is 0 Å². The van der Waals surface area contributed by atoms with Crippen LogP contribution in [-0.2, 0) is 18.7 Å². The minimum Gasteiger partial charge on any atom is -0.298 e. The van der Waals surface area contributed by atoms with Crippen LogP contribution in [0.1, 0.15) is 35.6 Å². The predicted molar refractivity (Wildman–Crippen MR) is 83.7 cm³/mol. The molecule has 3 nitrogen and oxygen atoms in total. The van der Waals surface area contributed by atoms with Gasteiger partial charge in [-0.25, -0.2) is 0 Å². The zero-order valence-electron chi connectivity index (χ0n) is 11.6. The number of carbonyl (C=O) groups excluding carboxylic acids is 1. The molecule has 1 heterocycles. The predicted octanol–water partition coefficient (Wildman–Crippen LogP) is 4.22. The van der Waals surface area contributed by atoms with Gasteiger partial charge in [0.25, 0.3) is 0 Å². The molecular formula is C15H17ClN2OS. The minimum absolute atomic E-state index is 0.694. The molecule has 0 aliphatic carbocycles. The van der Waals surface area contributed by atoms with Gasteiger partial charge in [0.1, 0.15) is 6.29 Å². The maximum Gasteiger partial charge on any atom is 0.150 e. The van der Waals surface area contributed by atoms with Gasteiger partial charge in [-0.15, -0.1) is 11.8 Å². The lowest BCUT2D eigenvalue weighted by molar-refractivity contribution is 0.112. The molecule has 1 aromatic carbocycles. The van der Waals surface area contributed by atoms with Gasteiger partial charge in [0.05, 0.1) is 16.4 Å². The fourth-order valence-corrected chi connectivity index (χ4v) is 3.29. The van der Waals surface area contributed by atoms with Crippen LogP contribution in [0.3, 0.4) is 0 Å². The Hall–Kier alpha value is -1.26. The molecule has 0 unspecified atom stereocenters. The lowest BCUT2D eigenvalue weighted by Gasteiger charge is -2.05. The van der Waals surface area contributed by atoms with E-state index >= 15 is 0 Å². The summed E-state index contributed by atoms with van der Waals surface area (Å²) in [6, 6.07) is 7.56. The van der Waals surface area contributed by atoms with Crippen LogP contribution in [0, 0.1) is 0 Å². The topological polar surface area (TPSA) is 34.9 Å². The third-order valence-corrected chi connectivity index (χ3v) is 4.55. The number of hydrogen-bond donors (Lipinski definition) is 0. The molecule has 0 saturated carbocycles. The van der Waals surface area contributed by atoms with Crippen molar-refractivity contribution in [2.45, 2.75) is 37.5 Å². The van der Waals surface area contributed by atoms with Crippen LogP contribution in [0.15, 0.2) is 29.2 Å². The number of carbonyl (C=O) groups is 1. The number of benzene rings is 1. The van der Waals surface area contributed by atoms with Gasteiger partial charge in [-0.2, -0.15) is 5.10 Å². The number of rotatable bonds is 6. The lowest BCUT2D eigenvalue weighted by atomic mass is 10.2. The third-order valence-electron chi connectivity index (χ3n) is 3.09. The summed E-state index contributed by atoms with van der Waals surface area (Å²) in [7, 11) is 0. The Labute approximate surface area is 128 Å². The highest BCUT2D eigenvalue weighted by Gasteiger charge is 2.14. The van der Waals surface area contributed by atoms with E-state index < -0.39 is 0 Å². The van der Waals surface area contributed by atoms with E-state index in [0.717, 1.165) is 46.3 Å². The first-order chi connectivity index (χ1) is 9.69. The van der Waals surface area contributed by atoms with Crippen LogP contribution >= 0.6 is 23.4 Å². The summed E-state index contributed by atoms with van der Waals surface area (Å²) in [5, 5.41) is 5.30.